The molecule has 0 saturated carbocycles. The van der Waals surface area contributed by atoms with Crippen LogP contribution >= 0.6 is 7.82 Å². The minimum absolute atomic E-state index is 0.0820. The average Bonchev–Trinajstić information content (AvgIpc) is 3.19. The van der Waals surface area contributed by atoms with Crippen LogP contribution in [0.3, 0.4) is 0 Å². The van der Waals surface area contributed by atoms with Crippen molar-refractivity contribution in [2.24, 2.45) is 5.73 Å². The molecule has 0 amide bonds. The molecule has 0 aromatic heterocycles. The van der Waals surface area contributed by atoms with Gasteiger partial charge in [-0.05, 0) is 83.5 Å². The first-order valence-corrected chi connectivity index (χ1v) is 23.0. The Morgan fingerprint density at radius 3 is 1.66 bits per heavy atom. The summed E-state index contributed by atoms with van der Waals surface area (Å²) in [7, 11) is -4.79. The molecule has 0 aromatic carbocycles. The van der Waals surface area contributed by atoms with Gasteiger partial charge in [-0.25, -0.2) is 4.57 Å². The number of allylic oxidation sites excluding steroid dienone is 9. The molecule has 0 heterocycles. The third-order valence-corrected chi connectivity index (χ3v) is 9.89. The number of carbonyl (C=O) groups excluding carboxylic acids is 2. The zero-order valence-electron chi connectivity index (χ0n) is 35.3. The van der Waals surface area contributed by atoms with Crippen molar-refractivity contribution >= 4 is 25.7 Å². The lowest BCUT2D eigenvalue weighted by Crippen LogP contribution is -2.34. The van der Waals surface area contributed by atoms with Gasteiger partial charge in [0.05, 0.1) is 25.4 Å². The summed E-state index contributed by atoms with van der Waals surface area (Å²) in [4.78, 5) is 46.0. The predicted octanol–water partition coefficient (Wildman–Crippen LogP) is 9.11. The fourth-order valence-corrected chi connectivity index (χ4v) is 6.15. The maximum Gasteiger partial charge on any atom is 0.472 e. The van der Waals surface area contributed by atoms with Crippen LogP contribution in [0.5, 0.6) is 0 Å². The Labute approximate surface area is 348 Å². The van der Waals surface area contributed by atoms with Crippen LogP contribution in [0, 0.1) is 0 Å². The van der Waals surface area contributed by atoms with Gasteiger partial charge in [0, 0.05) is 12.8 Å². The highest BCUT2D eigenvalue weighted by Crippen LogP contribution is 2.43. The number of aliphatic hydroxyl groups is 2. The fourth-order valence-electron chi connectivity index (χ4n) is 5.37. The van der Waals surface area contributed by atoms with Crippen molar-refractivity contribution in [3.63, 3.8) is 0 Å². The summed E-state index contributed by atoms with van der Waals surface area (Å²) in [6, 6.07) is -1.57. The van der Waals surface area contributed by atoms with Gasteiger partial charge in [0.2, 0.25) is 0 Å². The molecule has 6 N–H and O–H groups in total. The quantitative estimate of drug-likeness (QED) is 0.0169. The van der Waals surface area contributed by atoms with E-state index in [0.717, 1.165) is 64.2 Å². The molecular formula is C44H76NO12P. The monoisotopic (exact) mass is 842 g/mol. The number of carbonyl (C=O) groups is 3. The van der Waals surface area contributed by atoms with Gasteiger partial charge in [0.25, 0.3) is 0 Å². The summed E-state index contributed by atoms with van der Waals surface area (Å²) in [5, 5.41) is 29.5. The van der Waals surface area contributed by atoms with E-state index in [4.69, 9.17) is 24.8 Å². The van der Waals surface area contributed by atoms with Crippen molar-refractivity contribution in [1.29, 1.82) is 0 Å². The molecule has 0 aromatic rings. The predicted molar refractivity (Wildman–Crippen MR) is 229 cm³/mol. The molecule has 0 bridgehead atoms. The van der Waals surface area contributed by atoms with Crippen molar-refractivity contribution in [3.05, 3.63) is 60.8 Å². The number of aliphatic carboxylic acids is 1. The van der Waals surface area contributed by atoms with E-state index in [9.17, 15) is 34.1 Å². The molecule has 0 spiro atoms. The number of phosphoric acid groups is 1. The van der Waals surface area contributed by atoms with Gasteiger partial charge in [0.1, 0.15) is 12.6 Å². The second kappa shape index (κ2) is 38.3. The van der Waals surface area contributed by atoms with Crippen LogP contribution in [0.4, 0.5) is 0 Å². The van der Waals surface area contributed by atoms with E-state index in [2.05, 4.69) is 60.9 Å². The highest BCUT2D eigenvalue weighted by molar-refractivity contribution is 7.47. The number of aliphatic hydroxyl groups excluding tert-OH is 2. The van der Waals surface area contributed by atoms with Crippen LogP contribution in [0.1, 0.15) is 155 Å². The summed E-state index contributed by atoms with van der Waals surface area (Å²) in [5.74, 6) is -2.72. The van der Waals surface area contributed by atoms with Crippen LogP contribution < -0.4 is 5.73 Å². The van der Waals surface area contributed by atoms with Crippen molar-refractivity contribution < 1.29 is 57.7 Å². The standard InChI is InChI=1S/C44H76NO12P/c1-3-5-7-9-11-13-15-17-18-19-21-23-25-27-29-33-43(49)57-38(36-55-58(52,53)56-37-39(45)44(50)51)35-54-42(48)34-30-32-41(47)40(46)31-28-26-24-22-20-16-14-12-10-8-6-4-2/h11-14,17-18,20,22,26,28,38-41,46-47H,3-10,15-16,19,21,23-25,27,29-37,45H2,1-2H3,(H,50,51)(H,52,53)/b13-11-,14-12-,18-17-,22-20-,28-26-/t38-,39+,40?,41?/m1/s1. The van der Waals surface area contributed by atoms with E-state index < -0.39 is 69.9 Å². The molecule has 0 rings (SSSR count). The first kappa shape index (κ1) is 55.1. The second-order valence-corrected chi connectivity index (χ2v) is 15.9. The molecule has 3 unspecified atom stereocenters. The number of carboxylic acids is 1. The van der Waals surface area contributed by atoms with E-state index in [1.165, 1.54) is 38.5 Å². The average molecular weight is 842 g/mol. The van der Waals surface area contributed by atoms with E-state index in [1.54, 1.807) is 0 Å². The van der Waals surface area contributed by atoms with Gasteiger partial charge >= 0.3 is 25.7 Å². The van der Waals surface area contributed by atoms with Gasteiger partial charge in [0.15, 0.2) is 6.10 Å². The van der Waals surface area contributed by atoms with Crippen LogP contribution in [0.15, 0.2) is 60.8 Å². The molecular weight excluding hydrogens is 765 g/mol. The molecule has 58 heavy (non-hydrogen) atoms. The van der Waals surface area contributed by atoms with Gasteiger partial charge < -0.3 is 35.4 Å². The van der Waals surface area contributed by atoms with Crippen molar-refractivity contribution in [2.75, 3.05) is 19.8 Å². The minimum Gasteiger partial charge on any atom is -0.480 e. The highest BCUT2D eigenvalue weighted by atomic mass is 31.2. The Balaban J connectivity index is 4.65. The lowest BCUT2D eigenvalue weighted by atomic mass is 10.0. The number of nitrogens with two attached hydrogens (primary N) is 1. The summed E-state index contributed by atoms with van der Waals surface area (Å²) < 4.78 is 32.5. The Bertz CT molecular complexity index is 1250. The Hall–Kier alpha value is -2.90. The number of phosphoric ester groups is 1. The van der Waals surface area contributed by atoms with Gasteiger partial charge in [-0.2, -0.15) is 0 Å². The molecule has 5 atom stereocenters. The van der Waals surface area contributed by atoms with Crippen molar-refractivity contribution in [1.82, 2.24) is 0 Å². The number of hydrogen-bond acceptors (Lipinski definition) is 11. The number of unbranched alkanes of at least 4 members (excludes halogenated alkanes) is 11. The largest absolute Gasteiger partial charge is 0.480 e. The third-order valence-electron chi connectivity index (χ3n) is 8.94. The second-order valence-electron chi connectivity index (χ2n) is 14.4. The smallest absolute Gasteiger partial charge is 0.472 e. The van der Waals surface area contributed by atoms with E-state index >= 15 is 0 Å². The molecule has 334 valence electrons. The molecule has 0 aliphatic rings. The summed E-state index contributed by atoms with van der Waals surface area (Å²) >= 11 is 0. The van der Waals surface area contributed by atoms with E-state index in [1.807, 2.05) is 18.2 Å². The zero-order chi connectivity index (χ0) is 43.1. The zero-order valence-corrected chi connectivity index (χ0v) is 36.2. The fraction of sp³-hybridized carbons (Fsp3) is 0.705. The summed E-state index contributed by atoms with van der Waals surface area (Å²) in [6.45, 7) is 2.42. The molecule has 0 fully saturated rings. The lowest BCUT2D eigenvalue weighted by Gasteiger charge is -2.20. The maximum absolute atomic E-state index is 12.6. The van der Waals surface area contributed by atoms with Crippen molar-refractivity contribution in [2.45, 2.75) is 179 Å². The van der Waals surface area contributed by atoms with Crippen LogP contribution in [0.25, 0.3) is 0 Å². The number of carboxylic acid groups (broad SMARTS) is 1. The highest BCUT2D eigenvalue weighted by Gasteiger charge is 2.28. The molecule has 0 aliphatic carbocycles. The normalized spacial score (nSPS) is 15.4. The number of esters is 2. The van der Waals surface area contributed by atoms with Crippen LogP contribution in [-0.4, -0.2) is 82.3 Å². The first-order chi connectivity index (χ1) is 27.9. The van der Waals surface area contributed by atoms with E-state index in [-0.39, 0.29) is 32.1 Å². The Kier molecular flexibility index (Phi) is 36.4. The van der Waals surface area contributed by atoms with Gasteiger partial charge in [-0.1, -0.05) is 120 Å². The molecule has 14 heteroatoms. The van der Waals surface area contributed by atoms with Crippen molar-refractivity contribution in [3.8, 4) is 0 Å². The van der Waals surface area contributed by atoms with Crippen LogP contribution in [-0.2, 0) is 37.5 Å². The number of hydrogen-bond donors (Lipinski definition) is 5. The number of rotatable bonds is 39. The maximum atomic E-state index is 12.6. The topological polar surface area (TPSA) is 212 Å². The SMILES string of the molecule is CCCCC/C=C\C/C=C\C/C=C\CC(O)C(O)CCCC(=O)OC[C@H](COP(=O)(O)OC[C@H](N)C(=O)O)OC(=O)CCCCCCC/C=C\C/C=C\CCCCC. The van der Waals surface area contributed by atoms with Crippen LogP contribution in [0.2, 0.25) is 0 Å². The lowest BCUT2D eigenvalue weighted by molar-refractivity contribution is -0.161. The third kappa shape index (κ3) is 36.2. The Morgan fingerprint density at radius 1 is 0.603 bits per heavy atom. The molecule has 0 radical (unpaired) electrons. The van der Waals surface area contributed by atoms with Gasteiger partial charge in [-0.3, -0.25) is 23.4 Å². The molecule has 0 aliphatic heterocycles. The summed E-state index contributed by atoms with van der Waals surface area (Å²) in [6.07, 6.45) is 36.0. The van der Waals surface area contributed by atoms with Gasteiger partial charge in [-0.15, -0.1) is 0 Å². The summed E-state index contributed by atoms with van der Waals surface area (Å²) in [5.41, 5.74) is 5.31. The Morgan fingerprint density at radius 2 is 1.09 bits per heavy atom. The van der Waals surface area contributed by atoms with E-state index in [0.29, 0.717) is 6.42 Å². The first-order valence-electron chi connectivity index (χ1n) is 21.5. The minimum atomic E-state index is -4.79. The molecule has 0 saturated heterocycles. The molecule has 13 nitrogen and oxygen atoms in total. The number of ether oxygens (including phenoxy) is 2.